The molecule has 0 saturated heterocycles. The molecule has 2 aromatic rings. The third-order valence-corrected chi connectivity index (χ3v) is 3.85. The van der Waals surface area contributed by atoms with Crippen LogP contribution in [0.25, 0.3) is 11.1 Å². The minimum absolute atomic E-state index is 0.393. The van der Waals surface area contributed by atoms with Crippen molar-refractivity contribution in [3.05, 3.63) is 49.3 Å². The zero-order valence-corrected chi connectivity index (χ0v) is 13.0. The minimum Gasteiger partial charge on any atom is -0.385 e. The molecule has 0 fully saturated rings. The Kier molecular flexibility index (Phi) is 4.58. The Morgan fingerprint density at radius 2 is 1.67 bits per heavy atom. The summed E-state index contributed by atoms with van der Waals surface area (Å²) in [4.78, 5) is 23.7. The minimum atomic E-state index is -0.417. The number of benzene rings is 1. The third kappa shape index (κ3) is 2.90. The van der Waals surface area contributed by atoms with Crippen LogP contribution in [0.3, 0.4) is 0 Å². The van der Waals surface area contributed by atoms with E-state index in [1.54, 1.807) is 7.11 Å². The van der Waals surface area contributed by atoms with Crippen LogP contribution >= 0.6 is 0 Å². The summed E-state index contributed by atoms with van der Waals surface area (Å²) in [6.45, 7) is 7.26. The lowest BCUT2D eigenvalue weighted by atomic mass is 9.91. The molecule has 0 atom stereocenters. The largest absolute Gasteiger partial charge is 0.385 e. The number of hydrogen-bond donors (Lipinski definition) is 1. The summed E-state index contributed by atoms with van der Waals surface area (Å²) in [5, 5.41) is 3.07. The molecule has 0 saturated carbocycles. The molecule has 0 amide bonds. The third-order valence-electron chi connectivity index (χ3n) is 3.85. The summed E-state index contributed by atoms with van der Waals surface area (Å²) in [5.74, 6) is 0. The predicted molar refractivity (Wildman–Crippen MR) is 86.0 cm³/mol. The molecule has 1 N–H and O–H groups in total. The number of methoxy groups -OCH3 is 1. The molecule has 0 bridgehead atoms. The molecule has 0 heterocycles. The molecule has 0 aliphatic rings. The second kappa shape index (κ2) is 6.22. The molecule has 0 spiro atoms. The Hall–Kier alpha value is -1.94. The Labute approximate surface area is 124 Å². The van der Waals surface area contributed by atoms with Crippen LogP contribution in [0.15, 0.2) is 21.7 Å². The van der Waals surface area contributed by atoms with Crippen LogP contribution in [0, 0.1) is 20.8 Å². The van der Waals surface area contributed by atoms with Crippen LogP contribution in [0.1, 0.15) is 23.1 Å². The summed E-state index contributed by atoms with van der Waals surface area (Å²) >= 11 is 0. The van der Waals surface area contributed by atoms with Gasteiger partial charge in [0.05, 0.1) is 11.3 Å². The second-order valence-corrected chi connectivity index (χ2v) is 5.43. The SMILES string of the molecule is COCCCNc1c(-c2cc(C)c(C)cc2C)c(=O)c1=O. The lowest BCUT2D eigenvalue weighted by Crippen LogP contribution is -2.36. The number of hydrogen-bond acceptors (Lipinski definition) is 4. The highest BCUT2D eigenvalue weighted by atomic mass is 16.5. The normalized spacial score (nSPS) is 11.0. The molecule has 0 radical (unpaired) electrons. The maximum absolute atomic E-state index is 11.9. The van der Waals surface area contributed by atoms with Crippen LogP contribution < -0.4 is 16.2 Å². The number of ether oxygens (including phenoxy) is 1. The molecule has 0 unspecified atom stereocenters. The van der Waals surface area contributed by atoms with E-state index < -0.39 is 10.9 Å². The van der Waals surface area contributed by atoms with Gasteiger partial charge in [-0.1, -0.05) is 12.1 Å². The first-order valence-electron chi connectivity index (χ1n) is 7.11. The number of nitrogens with one attached hydrogen (secondary N) is 1. The standard InChI is InChI=1S/C17H21NO3/c1-10-8-12(3)13(9-11(10)2)14-15(17(20)16(14)19)18-6-5-7-21-4/h8-9,18H,5-7H2,1-4H3. The Bertz CT molecular complexity index is 724. The van der Waals surface area contributed by atoms with Crippen LogP contribution in [-0.4, -0.2) is 20.3 Å². The van der Waals surface area contributed by atoms with Gasteiger partial charge in [0.25, 0.3) is 0 Å². The second-order valence-electron chi connectivity index (χ2n) is 5.43. The summed E-state index contributed by atoms with van der Waals surface area (Å²) in [7, 11) is 1.64. The molecular formula is C17H21NO3. The van der Waals surface area contributed by atoms with E-state index in [1.807, 2.05) is 26.8 Å². The maximum Gasteiger partial charge on any atom is 0.250 e. The molecule has 0 aliphatic heterocycles. The Morgan fingerprint density at radius 3 is 2.33 bits per heavy atom. The van der Waals surface area contributed by atoms with Gasteiger partial charge in [0.15, 0.2) is 0 Å². The highest BCUT2D eigenvalue weighted by Crippen LogP contribution is 2.29. The maximum atomic E-state index is 11.9. The van der Waals surface area contributed by atoms with Crippen molar-refractivity contribution in [2.24, 2.45) is 0 Å². The van der Waals surface area contributed by atoms with E-state index in [-0.39, 0.29) is 0 Å². The van der Waals surface area contributed by atoms with Crippen molar-refractivity contribution in [2.75, 3.05) is 25.6 Å². The average Bonchev–Trinajstić information content (AvgIpc) is 2.46. The van der Waals surface area contributed by atoms with E-state index in [1.165, 1.54) is 5.56 Å². The fourth-order valence-electron chi connectivity index (χ4n) is 2.48. The van der Waals surface area contributed by atoms with E-state index in [9.17, 15) is 9.59 Å². The van der Waals surface area contributed by atoms with E-state index in [0.29, 0.717) is 24.4 Å². The van der Waals surface area contributed by atoms with Gasteiger partial charge in [0.1, 0.15) is 0 Å². The van der Waals surface area contributed by atoms with E-state index in [0.717, 1.165) is 23.1 Å². The summed E-state index contributed by atoms with van der Waals surface area (Å²) < 4.78 is 4.97. The van der Waals surface area contributed by atoms with Gasteiger partial charge < -0.3 is 10.1 Å². The number of anilines is 1. The van der Waals surface area contributed by atoms with Gasteiger partial charge in [-0.25, -0.2) is 0 Å². The molecule has 0 aliphatic carbocycles. The van der Waals surface area contributed by atoms with Crippen molar-refractivity contribution in [3.8, 4) is 11.1 Å². The van der Waals surface area contributed by atoms with Gasteiger partial charge in [-0.05, 0) is 49.4 Å². The van der Waals surface area contributed by atoms with Crippen molar-refractivity contribution in [1.82, 2.24) is 0 Å². The smallest absolute Gasteiger partial charge is 0.250 e. The van der Waals surface area contributed by atoms with Gasteiger partial charge in [-0.2, -0.15) is 0 Å². The lowest BCUT2D eigenvalue weighted by Gasteiger charge is -2.16. The summed E-state index contributed by atoms with van der Waals surface area (Å²) in [6.07, 6.45) is 0.792. The summed E-state index contributed by atoms with van der Waals surface area (Å²) in [6, 6.07) is 4.04. The zero-order chi connectivity index (χ0) is 15.6. The van der Waals surface area contributed by atoms with E-state index >= 15 is 0 Å². The first kappa shape index (κ1) is 15.4. The molecule has 112 valence electrons. The van der Waals surface area contributed by atoms with Crippen LogP contribution in [0.5, 0.6) is 0 Å². The van der Waals surface area contributed by atoms with E-state index in [4.69, 9.17) is 4.74 Å². The number of aryl methyl sites for hydroxylation is 3. The van der Waals surface area contributed by atoms with Crippen molar-refractivity contribution in [2.45, 2.75) is 27.2 Å². The Balaban J connectivity index is 2.33. The van der Waals surface area contributed by atoms with Crippen LogP contribution in [-0.2, 0) is 4.74 Å². The fourth-order valence-corrected chi connectivity index (χ4v) is 2.48. The van der Waals surface area contributed by atoms with Gasteiger partial charge in [-0.15, -0.1) is 0 Å². The molecule has 0 aromatic heterocycles. The van der Waals surface area contributed by atoms with Crippen molar-refractivity contribution < 1.29 is 4.74 Å². The molecule has 4 heteroatoms. The van der Waals surface area contributed by atoms with Crippen molar-refractivity contribution in [1.29, 1.82) is 0 Å². The molecule has 21 heavy (non-hydrogen) atoms. The fraction of sp³-hybridized carbons (Fsp3) is 0.412. The van der Waals surface area contributed by atoms with Crippen LogP contribution in [0.4, 0.5) is 5.69 Å². The number of rotatable bonds is 6. The molecular weight excluding hydrogens is 266 g/mol. The highest BCUT2D eigenvalue weighted by Gasteiger charge is 2.23. The predicted octanol–water partition coefficient (Wildman–Crippen LogP) is 2.32. The van der Waals surface area contributed by atoms with Gasteiger partial charge in [0.2, 0.25) is 10.9 Å². The van der Waals surface area contributed by atoms with Crippen molar-refractivity contribution in [3.63, 3.8) is 0 Å². The summed E-state index contributed by atoms with van der Waals surface area (Å²) in [5.41, 5.74) is 4.34. The first-order chi connectivity index (χ1) is 9.97. The lowest BCUT2D eigenvalue weighted by molar-refractivity contribution is 0.198. The average molecular weight is 287 g/mol. The molecule has 2 rings (SSSR count). The van der Waals surface area contributed by atoms with Gasteiger partial charge in [0, 0.05) is 20.3 Å². The molecule has 4 nitrogen and oxygen atoms in total. The van der Waals surface area contributed by atoms with E-state index in [2.05, 4.69) is 11.4 Å². The van der Waals surface area contributed by atoms with Gasteiger partial charge >= 0.3 is 0 Å². The monoisotopic (exact) mass is 287 g/mol. The Morgan fingerprint density at radius 1 is 1.00 bits per heavy atom. The highest BCUT2D eigenvalue weighted by molar-refractivity contribution is 5.84. The first-order valence-corrected chi connectivity index (χ1v) is 7.11. The van der Waals surface area contributed by atoms with Gasteiger partial charge in [-0.3, -0.25) is 9.59 Å². The van der Waals surface area contributed by atoms with Crippen molar-refractivity contribution >= 4 is 5.69 Å². The quantitative estimate of drug-likeness (QED) is 0.654. The van der Waals surface area contributed by atoms with Crippen LogP contribution in [0.2, 0.25) is 0 Å². The zero-order valence-electron chi connectivity index (χ0n) is 13.0. The topological polar surface area (TPSA) is 55.4 Å². The molecule has 2 aromatic carbocycles.